The molecule has 0 aliphatic heterocycles. The molecule has 0 aromatic carbocycles. The minimum Gasteiger partial charge on any atom is -0.480 e. The van der Waals surface area contributed by atoms with E-state index in [2.05, 4.69) is 16.0 Å². The largest absolute Gasteiger partial charge is 0.480 e. The molecule has 0 aliphatic carbocycles. The van der Waals surface area contributed by atoms with E-state index in [4.69, 9.17) is 10.8 Å². The lowest BCUT2D eigenvalue weighted by atomic mass is 10.1. The Morgan fingerprint density at radius 2 is 1.71 bits per heavy atom. The first-order valence-corrected chi connectivity index (χ1v) is 6.24. The summed E-state index contributed by atoms with van der Waals surface area (Å²) in [6.45, 7) is 0.330. The molecule has 0 aromatic heterocycles. The minimum atomic E-state index is -1.26. The Hall–Kier alpha value is -2.52. The highest BCUT2D eigenvalue weighted by Gasteiger charge is 2.20. The maximum absolute atomic E-state index is 11.5. The molecule has 0 rings (SSSR count). The lowest BCUT2D eigenvalue weighted by Crippen LogP contribution is -2.48. The van der Waals surface area contributed by atoms with Crippen LogP contribution in [0, 0.1) is 0 Å². The highest BCUT2D eigenvalue weighted by Crippen LogP contribution is 1.97. The van der Waals surface area contributed by atoms with Crippen molar-refractivity contribution >= 4 is 23.9 Å². The van der Waals surface area contributed by atoms with Crippen molar-refractivity contribution in [2.24, 2.45) is 5.73 Å². The Balaban J connectivity index is 4.01. The highest BCUT2D eigenvalue weighted by atomic mass is 16.4. The number of carbonyl (C=O) groups is 4. The van der Waals surface area contributed by atoms with Gasteiger partial charge in [0.1, 0.15) is 6.04 Å². The van der Waals surface area contributed by atoms with Crippen LogP contribution in [0.4, 0.5) is 9.59 Å². The molecule has 0 saturated carbocycles. The van der Waals surface area contributed by atoms with E-state index in [1.165, 1.54) is 4.90 Å². The number of carboxylic acids is 1. The van der Waals surface area contributed by atoms with Gasteiger partial charge in [-0.2, -0.15) is 0 Å². The summed E-state index contributed by atoms with van der Waals surface area (Å²) in [5.41, 5.74) is 4.92. The maximum atomic E-state index is 11.5. The number of rotatable bonds is 8. The third-order valence-electron chi connectivity index (χ3n) is 2.38. The van der Waals surface area contributed by atoms with Crippen molar-refractivity contribution < 1.29 is 24.3 Å². The molecule has 120 valence electrons. The van der Waals surface area contributed by atoms with Crippen molar-refractivity contribution in [1.82, 2.24) is 20.9 Å². The zero-order valence-electron chi connectivity index (χ0n) is 12.0. The third-order valence-corrected chi connectivity index (χ3v) is 2.38. The monoisotopic (exact) mass is 303 g/mol. The second-order valence-corrected chi connectivity index (χ2v) is 4.42. The van der Waals surface area contributed by atoms with E-state index in [0.717, 1.165) is 0 Å². The summed E-state index contributed by atoms with van der Waals surface area (Å²) >= 11 is 0. The molecule has 0 unspecified atom stereocenters. The molecule has 21 heavy (non-hydrogen) atoms. The fraction of sp³-hybridized carbons (Fsp3) is 0.636. The molecule has 1 atom stereocenters. The third kappa shape index (κ3) is 9.08. The zero-order chi connectivity index (χ0) is 16.4. The van der Waals surface area contributed by atoms with Gasteiger partial charge in [0, 0.05) is 33.6 Å². The number of carboxylic acid groups (broad SMARTS) is 1. The minimum absolute atomic E-state index is 0.0878. The lowest BCUT2D eigenvalue weighted by Gasteiger charge is -2.15. The van der Waals surface area contributed by atoms with Gasteiger partial charge in [0.15, 0.2) is 0 Å². The summed E-state index contributed by atoms with van der Waals surface area (Å²) in [7, 11) is 3.15. The van der Waals surface area contributed by atoms with Gasteiger partial charge in [-0.15, -0.1) is 0 Å². The van der Waals surface area contributed by atoms with Crippen LogP contribution in [0.5, 0.6) is 0 Å². The summed E-state index contributed by atoms with van der Waals surface area (Å²) in [4.78, 5) is 45.4. The van der Waals surface area contributed by atoms with E-state index in [9.17, 15) is 19.2 Å². The number of hydrogen-bond acceptors (Lipinski definition) is 4. The van der Waals surface area contributed by atoms with Crippen molar-refractivity contribution in [2.45, 2.75) is 18.9 Å². The van der Waals surface area contributed by atoms with Gasteiger partial charge in [-0.3, -0.25) is 4.79 Å². The molecule has 0 heterocycles. The highest BCUT2D eigenvalue weighted by molar-refractivity contribution is 5.83. The van der Waals surface area contributed by atoms with E-state index in [0.29, 0.717) is 0 Å². The maximum Gasteiger partial charge on any atom is 0.326 e. The predicted molar refractivity (Wildman–Crippen MR) is 73.5 cm³/mol. The van der Waals surface area contributed by atoms with E-state index in [1.54, 1.807) is 14.1 Å². The molecule has 0 radical (unpaired) electrons. The summed E-state index contributed by atoms with van der Waals surface area (Å²) < 4.78 is 0. The molecule has 0 bridgehead atoms. The van der Waals surface area contributed by atoms with Crippen molar-refractivity contribution in [1.29, 1.82) is 0 Å². The van der Waals surface area contributed by atoms with Gasteiger partial charge in [0.25, 0.3) is 0 Å². The van der Waals surface area contributed by atoms with E-state index in [-0.39, 0.29) is 32.0 Å². The number of amides is 5. The van der Waals surface area contributed by atoms with Gasteiger partial charge in [-0.1, -0.05) is 0 Å². The molecule has 10 nitrogen and oxygen atoms in total. The second kappa shape index (κ2) is 9.39. The van der Waals surface area contributed by atoms with Gasteiger partial charge >= 0.3 is 18.0 Å². The first-order chi connectivity index (χ1) is 9.73. The number of aliphatic carboxylic acids is 1. The fourth-order valence-electron chi connectivity index (χ4n) is 1.26. The normalized spacial score (nSPS) is 11.1. The standard InChI is InChI=1S/C11H21N5O5/c1-16(2)11(21)14-6-5-13-10(20)15-7(9(18)19)3-4-8(12)17/h7H,3-6H2,1-2H3,(H2,12,17)(H,14,21)(H,18,19)(H2,13,15,20)/t7-/m1/s1. The smallest absolute Gasteiger partial charge is 0.326 e. The average molecular weight is 303 g/mol. The Kier molecular flexibility index (Phi) is 8.27. The average Bonchev–Trinajstić information content (AvgIpc) is 2.38. The van der Waals surface area contributed by atoms with Gasteiger partial charge in [0.05, 0.1) is 0 Å². The van der Waals surface area contributed by atoms with Crippen LogP contribution in [0.3, 0.4) is 0 Å². The number of carbonyl (C=O) groups excluding carboxylic acids is 3. The van der Waals surface area contributed by atoms with E-state index < -0.39 is 23.9 Å². The number of nitrogens with one attached hydrogen (secondary N) is 3. The lowest BCUT2D eigenvalue weighted by molar-refractivity contribution is -0.139. The van der Waals surface area contributed by atoms with Crippen molar-refractivity contribution in [3.63, 3.8) is 0 Å². The number of nitrogens with two attached hydrogens (primary N) is 1. The first kappa shape index (κ1) is 18.5. The Bertz CT molecular complexity index is 398. The molecule has 0 spiro atoms. The Morgan fingerprint density at radius 3 is 2.19 bits per heavy atom. The van der Waals surface area contributed by atoms with Gasteiger partial charge in [-0.25, -0.2) is 14.4 Å². The molecule has 5 amide bonds. The van der Waals surface area contributed by atoms with Crippen LogP contribution >= 0.6 is 0 Å². The van der Waals surface area contributed by atoms with Gasteiger partial charge < -0.3 is 31.7 Å². The number of nitrogens with zero attached hydrogens (tertiary/aromatic N) is 1. The van der Waals surface area contributed by atoms with Gasteiger partial charge in [0.2, 0.25) is 5.91 Å². The summed E-state index contributed by atoms with van der Waals surface area (Å²) in [5, 5.41) is 16.0. The SMILES string of the molecule is CN(C)C(=O)NCCNC(=O)N[C@H](CCC(N)=O)C(=O)O. The molecule has 0 saturated heterocycles. The molecule has 0 aliphatic rings. The van der Waals surface area contributed by atoms with Crippen LogP contribution in [-0.2, 0) is 9.59 Å². The number of hydrogen-bond donors (Lipinski definition) is 5. The number of primary amides is 1. The van der Waals surface area contributed by atoms with E-state index >= 15 is 0 Å². The van der Waals surface area contributed by atoms with Gasteiger partial charge in [-0.05, 0) is 6.42 Å². The quantitative estimate of drug-likeness (QED) is 0.337. The predicted octanol–water partition coefficient (Wildman–Crippen LogP) is -1.72. The molecule has 10 heteroatoms. The Labute approximate surface area is 122 Å². The first-order valence-electron chi connectivity index (χ1n) is 6.24. The van der Waals surface area contributed by atoms with Crippen molar-refractivity contribution in [3.05, 3.63) is 0 Å². The van der Waals surface area contributed by atoms with E-state index in [1.807, 2.05) is 0 Å². The van der Waals surface area contributed by atoms with Crippen LogP contribution in [0.1, 0.15) is 12.8 Å². The van der Waals surface area contributed by atoms with Crippen molar-refractivity contribution in [2.75, 3.05) is 27.2 Å². The topological polar surface area (TPSA) is 154 Å². The zero-order valence-corrected chi connectivity index (χ0v) is 12.0. The molecule has 6 N–H and O–H groups in total. The molecular weight excluding hydrogens is 282 g/mol. The Morgan fingerprint density at radius 1 is 1.14 bits per heavy atom. The van der Waals surface area contributed by atoms with Crippen molar-refractivity contribution in [3.8, 4) is 0 Å². The van der Waals surface area contributed by atoms with Crippen LogP contribution in [0.2, 0.25) is 0 Å². The van der Waals surface area contributed by atoms with Crippen LogP contribution < -0.4 is 21.7 Å². The summed E-state index contributed by atoms with van der Waals surface area (Å²) in [6.07, 6.45) is -0.231. The molecule has 0 aromatic rings. The summed E-state index contributed by atoms with van der Waals surface area (Å²) in [6, 6.07) is -2.21. The van der Waals surface area contributed by atoms with Crippen LogP contribution in [-0.4, -0.2) is 67.2 Å². The molecular formula is C11H21N5O5. The molecule has 0 fully saturated rings. The van der Waals surface area contributed by atoms with Crippen LogP contribution in [0.15, 0.2) is 0 Å². The summed E-state index contributed by atoms with van der Waals surface area (Å²) in [5.74, 6) is -1.90. The van der Waals surface area contributed by atoms with Crippen LogP contribution in [0.25, 0.3) is 0 Å². The number of urea groups is 2. The fourth-order valence-corrected chi connectivity index (χ4v) is 1.26. The second-order valence-electron chi connectivity index (χ2n) is 4.42.